The standard InChI is InChI=1S/C26H24F3N3OS.C2H4O2/c27-26(28,29)23-21(19-7-3-1-4-8-19)17-22(34-23)25-30-24(31-33-25)20-11-9-18(10-12-20)13-16-32-14-5-2-6-15-32;1-2(3)4/h1,3-4,7-12,17H,2,5-6,13-16H2;1H3,(H,3,4). The fraction of sp³-hybridized carbons (Fsp3) is 0.321. The van der Waals surface area contributed by atoms with Crippen LogP contribution < -0.4 is 0 Å². The predicted molar refractivity (Wildman–Crippen MR) is 141 cm³/mol. The van der Waals surface area contributed by atoms with Gasteiger partial charge in [-0.05, 0) is 49.5 Å². The van der Waals surface area contributed by atoms with Gasteiger partial charge in [0.2, 0.25) is 5.82 Å². The average Bonchev–Trinajstić information content (AvgIpc) is 3.57. The molecule has 1 fully saturated rings. The Bertz CT molecular complexity index is 1320. The fourth-order valence-electron chi connectivity index (χ4n) is 4.27. The van der Waals surface area contributed by atoms with Crippen LogP contribution in [0.3, 0.4) is 0 Å². The van der Waals surface area contributed by atoms with Crippen LogP contribution in [0.4, 0.5) is 13.2 Å². The summed E-state index contributed by atoms with van der Waals surface area (Å²) in [7, 11) is 0. The molecule has 0 spiro atoms. The van der Waals surface area contributed by atoms with Crippen LogP contribution >= 0.6 is 11.3 Å². The van der Waals surface area contributed by atoms with Gasteiger partial charge in [-0.15, -0.1) is 11.3 Å². The van der Waals surface area contributed by atoms with Crippen molar-refractivity contribution in [3.8, 4) is 33.3 Å². The number of piperidine rings is 1. The summed E-state index contributed by atoms with van der Waals surface area (Å²) >= 11 is 0.620. The third-order valence-corrected chi connectivity index (χ3v) is 7.26. The maximum atomic E-state index is 13.7. The highest BCUT2D eigenvalue weighted by atomic mass is 32.1. The normalized spacial score (nSPS) is 14.1. The Morgan fingerprint density at radius 2 is 1.68 bits per heavy atom. The summed E-state index contributed by atoms with van der Waals surface area (Å²) in [6.07, 6.45) is 0.395. The lowest BCUT2D eigenvalue weighted by Crippen LogP contribution is -2.31. The van der Waals surface area contributed by atoms with Crippen LogP contribution in [0.2, 0.25) is 0 Å². The number of carbonyl (C=O) groups is 1. The number of nitrogens with zero attached hydrogens (tertiary/aromatic N) is 3. The SMILES string of the molecule is CC(=O)O.FC(F)(F)c1sc(-c2nc(-c3ccc(CCN4CCCCC4)cc3)no2)cc1-c1ccccc1. The van der Waals surface area contributed by atoms with Crippen molar-refractivity contribution in [3.63, 3.8) is 0 Å². The summed E-state index contributed by atoms with van der Waals surface area (Å²) in [5, 5.41) is 11.4. The van der Waals surface area contributed by atoms with Crippen LogP contribution in [-0.2, 0) is 17.4 Å². The molecule has 200 valence electrons. The van der Waals surface area contributed by atoms with E-state index in [1.165, 1.54) is 44.0 Å². The first-order valence-electron chi connectivity index (χ1n) is 12.3. The quantitative estimate of drug-likeness (QED) is 0.276. The number of alkyl halides is 3. The first kappa shape index (κ1) is 27.5. The lowest BCUT2D eigenvalue weighted by atomic mass is 10.1. The molecule has 0 unspecified atom stereocenters. The minimum Gasteiger partial charge on any atom is -0.481 e. The van der Waals surface area contributed by atoms with E-state index in [9.17, 15) is 13.2 Å². The van der Waals surface area contributed by atoms with Crippen molar-refractivity contribution in [2.45, 2.75) is 38.8 Å². The smallest absolute Gasteiger partial charge is 0.426 e. The predicted octanol–water partition coefficient (Wildman–Crippen LogP) is 7.27. The van der Waals surface area contributed by atoms with Crippen LogP contribution in [0.1, 0.15) is 36.6 Å². The second kappa shape index (κ2) is 12.4. The van der Waals surface area contributed by atoms with E-state index < -0.39 is 17.0 Å². The second-order valence-electron chi connectivity index (χ2n) is 9.01. The van der Waals surface area contributed by atoms with E-state index in [0.29, 0.717) is 27.6 Å². The molecule has 38 heavy (non-hydrogen) atoms. The van der Waals surface area contributed by atoms with Crippen LogP contribution in [0, 0.1) is 0 Å². The van der Waals surface area contributed by atoms with Crippen LogP contribution in [0.5, 0.6) is 0 Å². The Morgan fingerprint density at radius 1 is 1.03 bits per heavy atom. The zero-order chi connectivity index (χ0) is 27.1. The summed E-state index contributed by atoms with van der Waals surface area (Å²) in [5.74, 6) is -0.386. The van der Waals surface area contributed by atoms with Crippen molar-refractivity contribution < 1.29 is 27.6 Å². The molecule has 6 nitrogen and oxygen atoms in total. The zero-order valence-corrected chi connectivity index (χ0v) is 21.7. The topological polar surface area (TPSA) is 79.5 Å². The number of carboxylic acids is 1. The highest BCUT2D eigenvalue weighted by Gasteiger charge is 2.37. The molecule has 0 aliphatic carbocycles. The molecule has 0 amide bonds. The maximum absolute atomic E-state index is 13.7. The third-order valence-electron chi connectivity index (χ3n) is 6.09. The second-order valence-corrected chi connectivity index (χ2v) is 10.1. The number of hydrogen-bond acceptors (Lipinski definition) is 6. The summed E-state index contributed by atoms with van der Waals surface area (Å²) in [6, 6.07) is 18.0. The minimum absolute atomic E-state index is 0.0851. The van der Waals surface area contributed by atoms with E-state index in [2.05, 4.69) is 27.2 Å². The monoisotopic (exact) mass is 543 g/mol. The molecule has 4 aromatic rings. The summed E-state index contributed by atoms with van der Waals surface area (Å²) < 4.78 is 46.4. The van der Waals surface area contributed by atoms with E-state index >= 15 is 0 Å². The molecule has 0 radical (unpaired) electrons. The first-order chi connectivity index (χ1) is 18.2. The van der Waals surface area contributed by atoms with Crippen molar-refractivity contribution in [2.24, 2.45) is 0 Å². The van der Waals surface area contributed by atoms with Gasteiger partial charge < -0.3 is 14.5 Å². The maximum Gasteiger partial charge on any atom is 0.426 e. The number of halogens is 3. The van der Waals surface area contributed by atoms with Crippen LogP contribution in [-0.4, -0.2) is 45.8 Å². The molecule has 2 aromatic heterocycles. The molecule has 2 aromatic carbocycles. The van der Waals surface area contributed by atoms with E-state index in [1.54, 1.807) is 30.3 Å². The largest absolute Gasteiger partial charge is 0.481 e. The molecule has 3 heterocycles. The average molecular weight is 544 g/mol. The van der Waals surface area contributed by atoms with Gasteiger partial charge in [-0.1, -0.05) is 66.2 Å². The number of aliphatic carboxylic acids is 1. The molecular formula is C28H28F3N3O3S. The third kappa shape index (κ3) is 7.29. The summed E-state index contributed by atoms with van der Waals surface area (Å²) in [6.45, 7) is 4.48. The molecular weight excluding hydrogens is 515 g/mol. The van der Waals surface area contributed by atoms with Crippen molar-refractivity contribution in [2.75, 3.05) is 19.6 Å². The highest BCUT2D eigenvalue weighted by molar-refractivity contribution is 7.16. The number of aromatic nitrogens is 2. The van der Waals surface area contributed by atoms with Crippen molar-refractivity contribution >= 4 is 17.3 Å². The van der Waals surface area contributed by atoms with Gasteiger partial charge in [-0.25, -0.2) is 0 Å². The highest BCUT2D eigenvalue weighted by Crippen LogP contribution is 2.45. The van der Waals surface area contributed by atoms with Gasteiger partial charge in [-0.2, -0.15) is 18.2 Å². The van der Waals surface area contributed by atoms with Crippen LogP contribution in [0.25, 0.3) is 33.3 Å². The molecule has 10 heteroatoms. The molecule has 0 atom stereocenters. The van der Waals surface area contributed by atoms with E-state index in [4.69, 9.17) is 14.4 Å². The molecule has 5 rings (SSSR count). The Kier molecular flexibility index (Phi) is 8.96. The lowest BCUT2D eigenvalue weighted by Gasteiger charge is -2.26. The number of likely N-dealkylation sites (tertiary alicyclic amines) is 1. The minimum atomic E-state index is -4.47. The number of benzene rings is 2. The van der Waals surface area contributed by atoms with Crippen LogP contribution in [0.15, 0.2) is 65.2 Å². The van der Waals surface area contributed by atoms with Crippen molar-refractivity contribution in [1.29, 1.82) is 0 Å². The molecule has 1 aliphatic heterocycles. The lowest BCUT2D eigenvalue weighted by molar-refractivity contribution is -0.135. The molecule has 0 saturated carbocycles. The fourth-order valence-corrected chi connectivity index (χ4v) is 5.24. The first-order valence-corrected chi connectivity index (χ1v) is 13.1. The van der Waals surface area contributed by atoms with Crippen molar-refractivity contribution in [3.05, 3.63) is 71.1 Å². The Morgan fingerprint density at radius 3 is 2.32 bits per heavy atom. The zero-order valence-electron chi connectivity index (χ0n) is 20.9. The van der Waals surface area contributed by atoms with Gasteiger partial charge in [0, 0.05) is 24.6 Å². The number of rotatable bonds is 6. The molecule has 1 saturated heterocycles. The number of carboxylic acid groups (broad SMARTS) is 1. The summed E-state index contributed by atoms with van der Waals surface area (Å²) in [5.41, 5.74) is 2.62. The molecule has 0 bridgehead atoms. The molecule has 1 N–H and O–H groups in total. The molecule has 1 aliphatic rings. The van der Waals surface area contributed by atoms with Gasteiger partial charge in [0.05, 0.1) is 4.88 Å². The van der Waals surface area contributed by atoms with E-state index in [1.807, 2.05) is 12.1 Å². The van der Waals surface area contributed by atoms with E-state index in [-0.39, 0.29) is 11.5 Å². The number of hydrogen-bond donors (Lipinski definition) is 1. The Balaban J connectivity index is 0.000000786. The van der Waals surface area contributed by atoms with E-state index in [0.717, 1.165) is 25.5 Å². The van der Waals surface area contributed by atoms with Gasteiger partial charge in [0.1, 0.15) is 4.88 Å². The van der Waals surface area contributed by atoms with Gasteiger partial charge >= 0.3 is 6.18 Å². The van der Waals surface area contributed by atoms with Gasteiger partial charge in [0.15, 0.2) is 0 Å². The van der Waals surface area contributed by atoms with Gasteiger partial charge in [0.25, 0.3) is 11.9 Å². The van der Waals surface area contributed by atoms with Gasteiger partial charge in [-0.3, -0.25) is 4.79 Å². The Labute approximate surface area is 222 Å². The van der Waals surface area contributed by atoms with Crippen molar-refractivity contribution in [1.82, 2.24) is 15.0 Å². The Hall–Kier alpha value is -3.50. The summed E-state index contributed by atoms with van der Waals surface area (Å²) in [4.78, 5) is 15.5. The number of thiophene rings is 1.